The Bertz CT molecular complexity index is 191. The van der Waals surface area contributed by atoms with Crippen molar-refractivity contribution in [2.24, 2.45) is 5.92 Å². The van der Waals surface area contributed by atoms with Crippen molar-refractivity contribution >= 4 is 5.97 Å². The van der Waals surface area contributed by atoms with E-state index in [4.69, 9.17) is 5.11 Å². The first-order valence-electron chi connectivity index (χ1n) is 4.96. The fourth-order valence-corrected chi connectivity index (χ4v) is 2.02. The molecule has 3 nitrogen and oxygen atoms in total. The first-order valence-corrected chi connectivity index (χ1v) is 4.96. The lowest BCUT2D eigenvalue weighted by Crippen LogP contribution is -2.30. The molecule has 0 spiro atoms. The van der Waals surface area contributed by atoms with Crippen molar-refractivity contribution < 1.29 is 15.0 Å². The van der Waals surface area contributed by atoms with Gasteiger partial charge < -0.3 is 10.2 Å². The number of carbonyl (C=O) groups is 1. The molecule has 1 aliphatic rings. The predicted molar refractivity (Wildman–Crippen MR) is 49.5 cm³/mol. The maximum absolute atomic E-state index is 10.5. The van der Waals surface area contributed by atoms with E-state index in [2.05, 4.69) is 6.92 Å². The molecule has 0 amide bonds. The standard InChI is InChI=1S/C10H18O3/c1-8-3-2-5-10(13,6-4-8)7-9(11)12/h8,13H,2-7H2,1H3,(H,11,12). The lowest BCUT2D eigenvalue weighted by Gasteiger charge is -2.24. The van der Waals surface area contributed by atoms with E-state index in [0.717, 1.165) is 19.3 Å². The van der Waals surface area contributed by atoms with Crippen LogP contribution in [0.25, 0.3) is 0 Å². The summed E-state index contributed by atoms with van der Waals surface area (Å²) in [5.74, 6) is -0.264. The summed E-state index contributed by atoms with van der Waals surface area (Å²) in [5, 5.41) is 18.6. The van der Waals surface area contributed by atoms with Crippen LogP contribution >= 0.6 is 0 Å². The molecule has 0 radical (unpaired) electrons. The van der Waals surface area contributed by atoms with Gasteiger partial charge in [-0.05, 0) is 25.2 Å². The van der Waals surface area contributed by atoms with Crippen LogP contribution in [-0.4, -0.2) is 21.8 Å². The van der Waals surface area contributed by atoms with Crippen molar-refractivity contribution in [2.75, 3.05) is 0 Å². The Morgan fingerprint density at radius 3 is 2.77 bits per heavy atom. The van der Waals surface area contributed by atoms with Gasteiger partial charge in [-0.1, -0.05) is 19.8 Å². The maximum Gasteiger partial charge on any atom is 0.306 e. The number of carboxylic acids is 1. The second-order valence-electron chi connectivity index (χ2n) is 4.33. The quantitative estimate of drug-likeness (QED) is 0.646. The summed E-state index contributed by atoms with van der Waals surface area (Å²) in [6.07, 6.45) is 4.19. The summed E-state index contributed by atoms with van der Waals surface area (Å²) in [7, 11) is 0. The normalized spacial score (nSPS) is 35.4. The summed E-state index contributed by atoms with van der Waals surface area (Å²) < 4.78 is 0. The van der Waals surface area contributed by atoms with Crippen molar-refractivity contribution in [1.82, 2.24) is 0 Å². The Balaban J connectivity index is 2.52. The topological polar surface area (TPSA) is 57.5 Å². The number of hydrogen-bond acceptors (Lipinski definition) is 2. The maximum atomic E-state index is 10.5. The van der Waals surface area contributed by atoms with Crippen molar-refractivity contribution in [3.05, 3.63) is 0 Å². The molecule has 0 aromatic rings. The molecule has 0 aliphatic heterocycles. The number of hydrogen-bond donors (Lipinski definition) is 2. The van der Waals surface area contributed by atoms with Gasteiger partial charge in [0.25, 0.3) is 0 Å². The number of aliphatic carboxylic acids is 1. The number of aliphatic hydroxyl groups is 1. The van der Waals surface area contributed by atoms with E-state index in [1.54, 1.807) is 0 Å². The van der Waals surface area contributed by atoms with Crippen LogP contribution in [-0.2, 0) is 4.79 Å². The molecule has 13 heavy (non-hydrogen) atoms. The first kappa shape index (κ1) is 10.5. The highest BCUT2D eigenvalue weighted by Gasteiger charge is 2.31. The molecule has 3 heteroatoms. The molecule has 1 saturated carbocycles. The highest BCUT2D eigenvalue weighted by atomic mass is 16.4. The third kappa shape index (κ3) is 3.35. The first-order chi connectivity index (χ1) is 6.02. The Hall–Kier alpha value is -0.570. The summed E-state index contributed by atoms with van der Waals surface area (Å²) in [6.45, 7) is 2.16. The van der Waals surface area contributed by atoms with Gasteiger partial charge in [0.15, 0.2) is 0 Å². The minimum Gasteiger partial charge on any atom is -0.481 e. The third-order valence-electron chi connectivity index (χ3n) is 2.92. The minimum atomic E-state index is -0.934. The Morgan fingerprint density at radius 2 is 2.15 bits per heavy atom. The largest absolute Gasteiger partial charge is 0.481 e. The highest BCUT2D eigenvalue weighted by molar-refractivity contribution is 5.68. The zero-order valence-electron chi connectivity index (χ0n) is 8.12. The minimum absolute atomic E-state index is 0.0975. The molecule has 0 heterocycles. The second-order valence-corrected chi connectivity index (χ2v) is 4.33. The van der Waals surface area contributed by atoms with Gasteiger partial charge in [-0.15, -0.1) is 0 Å². The van der Waals surface area contributed by atoms with Crippen molar-refractivity contribution in [3.8, 4) is 0 Å². The molecule has 1 rings (SSSR count). The molecule has 2 N–H and O–H groups in total. The Morgan fingerprint density at radius 1 is 1.46 bits per heavy atom. The van der Waals surface area contributed by atoms with E-state index in [-0.39, 0.29) is 6.42 Å². The molecule has 1 fully saturated rings. The van der Waals surface area contributed by atoms with Crippen molar-refractivity contribution in [2.45, 2.75) is 51.0 Å². The molecule has 0 bridgehead atoms. The van der Waals surface area contributed by atoms with E-state index in [0.29, 0.717) is 18.8 Å². The molecular weight excluding hydrogens is 168 g/mol. The van der Waals surface area contributed by atoms with Gasteiger partial charge in [0, 0.05) is 0 Å². The van der Waals surface area contributed by atoms with E-state index in [9.17, 15) is 9.90 Å². The average molecular weight is 186 g/mol. The van der Waals surface area contributed by atoms with E-state index in [1.807, 2.05) is 0 Å². The molecule has 1 aliphatic carbocycles. The Kier molecular flexibility index (Phi) is 3.31. The van der Waals surface area contributed by atoms with Crippen molar-refractivity contribution in [3.63, 3.8) is 0 Å². The van der Waals surface area contributed by atoms with Crippen LogP contribution in [0.15, 0.2) is 0 Å². The molecule has 0 aromatic heterocycles. The van der Waals surface area contributed by atoms with Crippen LogP contribution in [0.1, 0.15) is 45.4 Å². The summed E-state index contributed by atoms with van der Waals surface area (Å²) in [4.78, 5) is 10.5. The summed E-state index contributed by atoms with van der Waals surface area (Å²) in [5.41, 5.74) is -0.934. The zero-order chi connectivity index (χ0) is 9.90. The molecule has 2 unspecified atom stereocenters. The second kappa shape index (κ2) is 4.09. The van der Waals surface area contributed by atoms with E-state index in [1.165, 1.54) is 0 Å². The van der Waals surface area contributed by atoms with Gasteiger partial charge in [0.2, 0.25) is 0 Å². The monoisotopic (exact) mass is 186 g/mol. The lowest BCUT2D eigenvalue weighted by atomic mass is 9.90. The van der Waals surface area contributed by atoms with Crippen LogP contribution in [0.2, 0.25) is 0 Å². The van der Waals surface area contributed by atoms with Crippen LogP contribution in [0.4, 0.5) is 0 Å². The number of carboxylic acid groups (broad SMARTS) is 1. The molecular formula is C10H18O3. The summed E-state index contributed by atoms with van der Waals surface area (Å²) in [6, 6.07) is 0. The van der Waals surface area contributed by atoms with Crippen LogP contribution in [0.3, 0.4) is 0 Å². The van der Waals surface area contributed by atoms with Gasteiger partial charge in [0.1, 0.15) is 0 Å². The zero-order valence-corrected chi connectivity index (χ0v) is 8.12. The average Bonchev–Trinajstić information content (AvgIpc) is 2.12. The van der Waals surface area contributed by atoms with Gasteiger partial charge in [0.05, 0.1) is 12.0 Å². The van der Waals surface area contributed by atoms with E-state index >= 15 is 0 Å². The molecule has 2 atom stereocenters. The lowest BCUT2D eigenvalue weighted by molar-refractivity contribution is -0.143. The number of rotatable bonds is 2. The predicted octanol–water partition coefficient (Wildman–Crippen LogP) is 1.79. The fraction of sp³-hybridized carbons (Fsp3) is 0.900. The third-order valence-corrected chi connectivity index (χ3v) is 2.92. The molecule has 0 saturated heterocycles. The van der Waals surface area contributed by atoms with Gasteiger partial charge in [-0.25, -0.2) is 0 Å². The smallest absolute Gasteiger partial charge is 0.306 e. The van der Waals surface area contributed by atoms with Gasteiger partial charge in [-0.2, -0.15) is 0 Å². The van der Waals surface area contributed by atoms with Crippen LogP contribution < -0.4 is 0 Å². The van der Waals surface area contributed by atoms with Crippen LogP contribution in [0.5, 0.6) is 0 Å². The fourth-order valence-electron chi connectivity index (χ4n) is 2.02. The van der Waals surface area contributed by atoms with E-state index < -0.39 is 11.6 Å². The van der Waals surface area contributed by atoms with Crippen molar-refractivity contribution in [1.29, 1.82) is 0 Å². The van der Waals surface area contributed by atoms with Crippen LogP contribution in [0, 0.1) is 5.92 Å². The molecule has 76 valence electrons. The summed E-state index contributed by atoms with van der Waals surface area (Å²) >= 11 is 0. The Labute approximate surface area is 78.8 Å². The van der Waals surface area contributed by atoms with Gasteiger partial charge >= 0.3 is 5.97 Å². The molecule has 0 aromatic carbocycles. The van der Waals surface area contributed by atoms with Gasteiger partial charge in [-0.3, -0.25) is 4.79 Å². The SMILES string of the molecule is CC1CCCC(O)(CC(=O)O)CC1. The highest BCUT2D eigenvalue weighted by Crippen LogP contribution is 2.32.